The third kappa shape index (κ3) is 5.75. The van der Waals surface area contributed by atoms with Crippen molar-refractivity contribution in [1.82, 2.24) is 10.3 Å². The first-order chi connectivity index (χ1) is 17.1. The maximum Gasteiger partial charge on any atom is 0.573 e. The number of carbonyl (C=O) groups is 2. The Hall–Kier alpha value is -4.11. The van der Waals surface area contributed by atoms with Crippen molar-refractivity contribution in [3.63, 3.8) is 0 Å². The van der Waals surface area contributed by atoms with Crippen LogP contribution in [0.4, 0.5) is 13.2 Å². The summed E-state index contributed by atoms with van der Waals surface area (Å²) in [5.74, 6) is -1.54. The second-order valence-electron chi connectivity index (χ2n) is 8.37. The minimum Gasteiger partial charge on any atom is -0.405 e. The Morgan fingerprint density at radius 3 is 2.50 bits per heavy atom. The number of Topliss-reactive ketones (excluding diaryl/α,β-unsaturated/α-hetero) is 1. The monoisotopic (exact) mass is 495 g/mol. The van der Waals surface area contributed by atoms with Gasteiger partial charge in [-0.25, -0.2) is 0 Å². The number of ether oxygens (including phenoxy) is 1. The maximum absolute atomic E-state index is 13.2. The number of amides is 1. The van der Waals surface area contributed by atoms with Gasteiger partial charge in [-0.3, -0.25) is 9.59 Å². The minimum absolute atomic E-state index is 0.0705. The zero-order valence-electron chi connectivity index (χ0n) is 19.4. The average molecular weight is 496 g/mol. The standard InChI is InChI=1S/C27H24F3N3O3/c1-16(34)17-5-4-6-18(11-17)19-9-10-25(36-27(28,29)30)23(13-19)26(35)33-21(14-31)12-20-15-32-24-8-3-2-7-22(20)24/h2-11,13,15,21,32H,12,14,31H2,1H3,(H,33,35). The lowest BCUT2D eigenvalue weighted by Crippen LogP contribution is -2.42. The second kappa shape index (κ2) is 10.2. The van der Waals surface area contributed by atoms with E-state index in [9.17, 15) is 22.8 Å². The van der Waals surface area contributed by atoms with Crippen molar-refractivity contribution in [2.75, 3.05) is 6.54 Å². The van der Waals surface area contributed by atoms with Gasteiger partial charge in [0.05, 0.1) is 5.56 Å². The molecule has 1 amide bonds. The van der Waals surface area contributed by atoms with Crippen molar-refractivity contribution in [3.8, 4) is 16.9 Å². The Labute approximate surface area is 205 Å². The van der Waals surface area contributed by atoms with Crippen LogP contribution in [0.25, 0.3) is 22.0 Å². The van der Waals surface area contributed by atoms with Crippen molar-refractivity contribution >= 4 is 22.6 Å². The fraction of sp³-hybridized carbons (Fsp3) is 0.185. The molecule has 0 saturated carbocycles. The number of nitrogens with two attached hydrogens (primary N) is 1. The quantitative estimate of drug-likeness (QED) is 0.292. The number of ketones is 1. The fourth-order valence-electron chi connectivity index (χ4n) is 4.04. The molecule has 0 aliphatic rings. The van der Waals surface area contributed by atoms with Gasteiger partial charge in [0.1, 0.15) is 5.75 Å². The molecular formula is C27H24F3N3O3. The predicted octanol–water partition coefficient (Wildman–Crippen LogP) is 5.24. The molecule has 0 fully saturated rings. The average Bonchev–Trinajstić information content (AvgIpc) is 3.25. The van der Waals surface area contributed by atoms with Gasteiger partial charge >= 0.3 is 6.36 Å². The van der Waals surface area contributed by atoms with Gasteiger partial charge in [0.25, 0.3) is 5.91 Å². The number of H-pyrrole nitrogens is 1. The maximum atomic E-state index is 13.2. The largest absolute Gasteiger partial charge is 0.573 e. The number of aromatic nitrogens is 1. The zero-order chi connectivity index (χ0) is 25.9. The van der Waals surface area contributed by atoms with Crippen molar-refractivity contribution < 1.29 is 27.5 Å². The van der Waals surface area contributed by atoms with Crippen LogP contribution in [0.15, 0.2) is 72.9 Å². The molecule has 0 bridgehead atoms. The van der Waals surface area contributed by atoms with Crippen LogP contribution in [0.2, 0.25) is 0 Å². The molecule has 0 spiro atoms. The number of carbonyl (C=O) groups excluding carboxylic acids is 2. The first-order valence-corrected chi connectivity index (χ1v) is 11.2. The van der Waals surface area contributed by atoms with Crippen LogP contribution in [0, 0.1) is 0 Å². The van der Waals surface area contributed by atoms with Crippen LogP contribution < -0.4 is 15.8 Å². The topological polar surface area (TPSA) is 97.2 Å². The highest BCUT2D eigenvalue weighted by Crippen LogP contribution is 2.31. The van der Waals surface area contributed by atoms with Crippen molar-refractivity contribution in [2.24, 2.45) is 5.73 Å². The molecule has 36 heavy (non-hydrogen) atoms. The molecule has 4 aromatic rings. The molecule has 186 valence electrons. The smallest absolute Gasteiger partial charge is 0.405 e. The first-order valence-electron chi connectivity index (χ1n) is 11.2. The molecule has 1 heterocycles. The van der Waals surface area contributed by atoms with Gasteiger partial charge < -0.3 is 20.8 Å². The van der Waals surface area contributed by atoms with E-state index in [-0.39, 0.29) is 17.9 Å². The number of halogens is 3. The van der Waals surface area contributed by atoms with Crippen molar-refractivity contribution in [2.45, 2.75) is 25.7 Å². The van der Waals surface area contributed by atoms with Crippen LogP contribution in [0.3, 0.4) is 0 Å². The third-order valence-electron chi connectivity index (χ3n) is 5.81. The highest BCUT2D eigenvalue weighted by Gasteiger charge is 2.33. The minimum atomic E-state index is -4.98. The number of benzene rings is 3. The summed E-state index contributed by atoms with van der Waals surface area (Å²) >= 11 is 0. The van der Waals surface area contributed by atoms with Gasteiger partial charge in [0, 0.05) is 35.2 Å². The van der Waals surface area contributed by atoms with E-state index < -0.39 is 24.1 Å². The van der Waals surface area contributed by atoms with Gasteiger partial charge in [0.15, 0.2) is 5.78 Å². The summed E-state index contributed by atoms with van der Waals surface area (Å²) in [6.45, 7) is 1.49. The molecule has 1 aromatic heterocycles. The lowest BCUT2D eigenvalue weighted by atomic mass is 9.99. The van der Waals surface area contributed by atoms with Gasteiger partial charge in [-0.05, 0) is 54.3 Å². The van der Waals surface area contributed by atoms with Gasteiger partial charge in [-0.1, -0.05) is 42.5 Å². The van der Waals surface area contributed by atoms with E-state index in [1.807, 2.05) is 30.5 Å². The van der Waals surface area contributed by atoms with E-state index in [2.05, 4.69) is 15.0 Å². The Morgan fingerprint density at radius 1 is 1.03 bits per heavy atom. The molecule has 0 radical (unpaired) electrons. The summed E-state index contributed by atoms with van der Waals surface area (Å²) in [6, 6.07) is 17.5. The summed E-state index contributed by atoms with van der Waals surface area (Å²) in [6.07, 6.45) is -2.79. The normalized spacial score (nSPS) is 12.4. The van der Waals surface area contributed by atoms with E-state index in [1.54, 1.807) is 24.3 Å². The van der Waals surface area contributed by atoms with Crippen LogP contribution >= 0.6 is 0 Å². The number of fused-ring (bicyclic) bond motifs is 1. The first kappa shape index (κ1) is 25.0. The van der Waals surface area contributed by atoms with E-state index in [4.69, 9.17) is 5.73 Å². The van der Waals surface area contributed by atoms with Crippen LogP contribution in [-0.4, -0.2) is 35.6 Å². The summed E-state index contributed by atoms with van der Waals surface area (Å²) in [5.41, 5.74) is 8.92. The zero-order valence-corrected chi connectivity index (χ0v) is 19.4. The highest BCUT2D eigenvalue weighted by atomic mass is 19.4. The van der Waals surface area contributed by atoms with E-state index in [0.717, 1.165) is 22.5 Å². The lowest BCUT2D eigenvalue weighted by Gasteiger charge is -2.19. The Bertz CT molecular complexity index is 1410. The molecule has 0 aliphatic heterocycles. The van der Waals surface area contributed by atoms with Crippen LogP contribution in [0.1, 0.15) is 33.2 Å². The van der Waals surface area contributed by atoms with E-state index in [0.29, 0.717) is 23.1 Å². The van der Waals surface area contributed by atoms with Crippen LogP contribution in [-0.2, 0) is 6.42 Å². The predicted molar refractivity (Wildman–Crippen MR) is 131 cm³/mol. The molecule has 4 N–H and O–H groups in total. The van der Waals surface area contributed by atoms with Gasteiger partial charge in [-0.15, -0.1) is 13.2 Å². The molecule has 3 aromatic carbocycles. The molecule has 6 nitrogen and oxygen atoms in total. The number of aromatic amines is 1. The number of alkyl halides is 3. The molecule has 9 heteroatoms. The fourth-order valence-corrected chi connectivity index (χ4v) is 4.04. The molecule has 1 unspecified atom stereocenters. The Morgan fingerprint density at radius 2 is 1.78 bits per heavy atom. The summed E-state index contributed by atoms with van der Waals surface area (Å²) in [4.78, 5) is 28.1. The summed E-state index contributed by atoms with van der Waals surface area (Å²) in [5, 5.41) is 3.71. The highest BCUT2D eigenvalue weighted by molar-refractivity contribution is 5.99. The van der Waals surface area contributed by atoms with E-state index in [1.165, 1.54) is 19.1 Å². The second-order valence-corrected chi connectivity index (χ2v) is 8.37. The number of hydrogen-bond acceptors (Lipinski definition) is 4. The molecule has 0 aliphatic carbocycles. The molecule has 1 atom stereocenters. The third-order valence-corrected chi connectivity index (χ3v) is 5.81. The van der Waals surface area contributed by atoms with Crippen molar-refractivity contribution in [3.05, 3.63) is 89.6 Å². The summed E-state index contributed by atoms with van der Waals surface area (Å²) < 4.78 is 43.3. The van der Waals surface area contributed by atoms with E-state index >= 15 is 0 Å². The molecule has 4 rings (SSSR count). The number of nitrogens with one attached hydrogen (secondary N) is 2. The molecule has 0 saturated heterocycles. The SMILES string of the molecule is CC(=O)c1cccc(-c2ccc(OC(F)(F)F)c(C(=O)NC(CN)Cc3c[nH]c4ccccc34)c2)c1. The Balaban J connectivity index is 1.65. The van der Waals surface area contributed by atoms with Gasteiger partial charge in [0.2, 0.25) is 0 Å². The number of rotatable bonds is 8. The molecular weight excluding hydrogens is 471 g/mol. The lowest BCUT2D eigenvalue weighted by molar-refractivity contribution is -0.274. The van der Waals surface area contributed by atoms with Gasteiger partial charge in [-0.2, -0.15) is 0 Å². The Kier molecular flexibility index (Phi) is 7.12. The summed E-state index contributed by atoms with van der Waals surface area (Å²) in [7, 11) is 0. The van der Waals surface area contributed by atoms with Crippen LogP contribution in [0.5, 0.6) is 5.75 Å². The number of hydrogen-bond donors (Lipinski definition) is 3. The number of para-hydroxylation sites is 1. The van der Waals surface area contributed by atoms with Crippen molar-refractivity contribution in [1.29, 1.82) is 0 Å².